The summed E-state index contributed by atoms with van der Waals surface area (Å²) in [5.74, 6) is -0.439. The Morgan fingerprint density at radius 1 is 1.07 bits per heavy atom. The standard InChI is InChI=1S/C19H19FN4O3/c1-11-21-14(24-27-11)16(26)22-18-8-17(9-18,10-18)19(6-7-19)23-15(25)12-2-4-13(20)5-3-12/h2-5H,6-10H2,1H3,(H,22,26)(H,23,25). The second kappa shape index (κ2) is 5.15. The van der Waals surface area contributed by atoms with Crippen LogP contribution >= 0.6 is 0 Å². The van der Waals surface area contributed by atoms with E-state index in [1.165, 1.54) is 24.3 Å². The minimum Gasteiger partial charge on any atom is -0.346 e. The lowest BCUT2D eigenvalue weighted by molar-refractivity contribution is -0.175. The van der Waals surface area contributed by atoms with Crippen LogP contribution in [0, 0.1) is 18.2 Å². The summed E-state index contributed by atoms with van der Waals surface area (Å²) in [4.78, 5) is 28.7. The summed E-state index contributed by atoms with van der Waals surface area (Å²) in [7, 11) is 0. The van der Waals surface area contributed by atoms with Crippen molar-refractivity contribution >= 4 is 11.8 Å². The van der Waals surface area contributed by atoms with Gasteiger partial charge in [-0.05, 0) is 56.4 Å². The number of aryl methyl sites for hydroxylation is 1. The van der Waals surface area contributed by atoms with Gasteiger partial charge >= 0.3 is 0 Å². The number of halogens is 1. The zero-order valence-corrected chi connectivity index (χ0v) is 14.8. The number of benzene rings is 1. The summed E-state index contributed by atoms with van der Waals surface area (Å²) in [6.07, 6.45) is 4.40. The summed E-state index contributed by atoms with van der Waals surface area (Å²) in [5, 5.41) is 9.85. The van der Waals surface area contributed by atoms with E-state index in [-0.39, 0.29) is 39.9 Å². The van der Waals surface area contributed by atoms with E-state index in [9.17, 15) is 14.0 Å². The predicted molar refractivity (Wildman–Crippen MR) is 91.3 cm³/mol. The second-order valence-corrected chi connectivity index (χ2v) is 8.23. The number of hydrogen-bond acceptors (Lipinski definition) is 5. The molecular formula is C19H19FN4O3. The fraction of sp³-hybridized carbons (Fsp3) is 0.474. The topological polar surface area (TPSA) is 97.1 Å². The molecule has 2 bridgehead atoms. The zero-order chi connectivity index (χ0) is 18.9. The third-order valence-corrected chi connectivity index (χ3v) is 6.36. The molecule has 2 amide bonds. The third kappa shape index (κ3) is 2.39. The monoisotopic (exact) mass is 370 g/mol. The molecule has 140 valence electrons. The van der Waals surface area contributed by atoms with Crippen LogP contribution in [0.1, 0.15) is 59.0 Å². The Morgan fingerprint density at radius 2 is 1.74 bits per heavy atom. The number of nitrogens with one attached hydrogen (secondary N) is 2. The maximum absolute atomic E-state index is 13.0. The zero-order valence-electron chi connectivity index (χ0n) is 14.8. The molecule has 0 spiro atoms. The lowest BCUT2D eigenvalue weighted by Gasteiger charge is -2.73. The summed E-state index contributed by atoms with van der Waals surface area (Å²) in [6.45, 7) is 1.64. The van der Waals surface area contributed by atoms with Gasteiger partial charge in [0.1, 0.15) is 5.82 Å². The highest BCUT2D eigenvalue weighted by molar-refractivity contribution is 5.95. The molecule has 4 fully saturated rings. The molecular weight excluding hydrogens is 351 g/mol. The van der Waals surface area contributed by atoms with Gasteiger partial charge in [-0.2, -0.15) is 4.98 Å². The number of rotatable bonds is 5. The van der Waals surface area contributed by atoms with Gasteiger partial charge in [0.2, 0.25) is 5.89 Å². The minimum atomic E-state index is -0.360. The maximum Gasteiger partial charge on any atom is 0.293 e. The van der Waals surface area contributed by atoms with Crippen LogP contribution in [-0.2, 0) is 0 Å². The first-order valence-corrected chi connectivity index (χ1v) is 9.05. The highest BCUT2D eigenvalue weighted by Crippen LogP contribution is 2.76. The summed E-state index contributed by atoms with van der Waals surface area (Å²) in [5.41, 5.74) is 0.0864. The largest absolute Gasteiger partial charge is 0.346 e. The van der Waals surface area contributed by atoms with Crippen LogP contribution in [0.15, 0.2) is 28.8 Å². The van der Waals surface area contributed by atoms with Gasteiger partial charge in [0.25, 0.3) is 17.6 Å². The first-order valence-electron chi connectivity index (χ1n) is 9.05. The summed E-state index contributed by atoms with van der Waals surface area (Å²) >= 11 is 0. The van der Waals surface area contributed by atoms with Crippen LogP contribution in [0.4, 0.5) is 4.39 Å². The molecule has 27 heavy (non-hydrogen) atoms. The van der Waals surface area contributed by atoms with Crippen LogP contribution in [0.2, 0.25) is 0 Å². The van der Waals surface area contributed by atoms with Gasteiger partial charge in [-0.1, -0.05) is 5.16 Å². The van der Waals surface area contributed by atoms with Crippen LogP contribution in [0.5, 0.6) is 0 Å². The molecule has 0 saturated heterocycles. The van der Waals surface area contributed by atoms with Crippen molar-refractivity contribution in [3.63, 3.8) is 0 Å². The van der Waals surface area contributed by atoms with E-state index in [0.29, 0.717) is 11.5 Å². The molecule has 6 rings (SSSR count). The molecule has 4 aliphatic carbocycles. The van der Waals surface area contributed by atoms with E-state index in [0.717, 1.165) is 32.1 Å². The SMILES string of the molecule is Cc1nc(C(=O)NC23CC(C4(NC(=O)c5ccc(F)cc5)CC4)(C2)C3)no1. The fourth-order valence-electron chi connectivity index (χ4n) is 4.92. The average Bonchev–Trinajstić information content (AvgIpc) is 3.20. The van der Waals surface area contributed by atoms with Crippen molar-refractivity contribution in [3.05, 3.63) is 47.4 Å². The van der Waals surface area contributed by atoms with Crippen molar-refractivity contribution in [1.82, 2.24) is 20.8 Å². The van der Waals surface area contributed by atoms with E-state index < -0.39 is 0 Å². The molecule has 2 aromatic rings. The van der Waals surface area contributed by atoms with Gasteiger partial charge in [0.15, 0.2) is 0 Å². The van der Waals surface area contributed by atoms with E-state index in [2.05, 4.69) is 20.8 Å². The van der Waals surface area contributed by atoms with Crippen LogP contribution in [-0.4, -0.2) is 33.0 Å². The van der Waals surface area contributed by atoms with Crippen LogP contribution in [0.25, 0.3) is 0 Å². The van der Waals surface area contributed by atoms with Crippen molar-refractivity contribution in [1.29, 1.82) is 0 Å². The Bertz CT molecular complexity index is 928. The highest BCUT2D eigenvalue weighted by Gasteiger charge is 2.79. The smallest absolute Gasteiger partial charge is 0.293 e. The van der Waals surface area contributed by atoms with Crippen molar-refractivity contribution in [2.45, 2.75) is 50.1 Å². The summed E-state index contributed by atoms with van der Waals surface area (Å²) < 4.78 is 17.9. The lowest BCUT2D eigenvalue weighted by atomic mass is 9.36. The van der Waals surface area contributed by atoms with E-state index in [1.54, 1.807) is 6.92 Å². The van der Waals surface area contributed by atoms with Crippen molar-refractivity contribution in [2.75, 3.05) is 0 Å². The Hall–Kier alpha value is -2.77. The number of hydrogen-bond donors (Lipinski definition) is 2. The third-order valence-electron chi connectivity index (χ3n) is 6.36. The Morgan fingerprint density at radius 3 is 2.30 bits per heavy atom. The molecule has 0 unspecified atom stereocenters. The second-order valence-electron chi connectivity index (χ2n) is 8.23. The normalized spacial score (nSPS) is 29.3. The van der Waals surface area contributed by atoms with E-state index >= 15 is 0 Å². The number of aromatic nitrogens is 2. The van der Waals surface area contributed by atoms with Gasteiger partial charge in [-0.3, -0.25) is 9.59 Å². The Balaban J connectivity index is 1.22. The predicted octanol–water partition coefficient (Wildman–Crippen LogP) is 2.13. The molecule has 0 atom stereocenters. The van der Waals surface area contributed by atoms with Gasteiger partial charge in [0.05, 0.1) is 0 Å². The first kappa shape index (κ1) is 16.4. The molecule has 1 aromatic carbocycles. The quantitative estimate of drug-likeness (QED) is 0.840. The molecule has 4 aliphatic rings. The molecule has 0 aliphatic heterocycles. The number of carbonyl (C=O) groups excluding carboxylic acids is 2. The number of amides is 2. The molecule has 7 nitrogen and oxygen atoms in total. The summed E-state index contributed by atoms with van der Waals surface area (Å²) in [6, 6.07) is 5.58. The maximum atomic E-state index is 13.0. The molecule has 4 saturated carbocycles. The van der Waals surface area contributed by atoms with Crippen LogP contribution in [0.3, 0.4) is 0 Å². The highest BCUT2D eigenvalue weighted by atomic mass is 19.1. The number of carbonyl (C=O) groups is 2. The Labute approximate surface area is 154 Å². The van der Waals surface area contributed by atoms with Gasteiger partial charge in [-0.15, -0.1) is 0 Å². The fourth-order valence-corrected chi connectivity index (χ4v) is 4.92. The average molecular weight is 370 g/mol. The minimum absolute atomic E-state index is 0.0448. The first-order chi connectivity index (χ1) is 12.8. The molecule has 2 N–H and O–H groups in total. The van der Waals surface area contributed by atoms with Crippen LogP contribution < -0.4 is 10.6 Å². The number of nitrogens with zero attached hydrogens (tertiary/aromatic N) is 2. The van der Waals surface area contributed by atoms with E-state index in [4.69, 9.17) is 4.52 Å². The molecule has 1 heterocycles. The molecule has 1 aromatic heterocycles. The van der Waals surface area contributed by atoms with Crippen molar-refractivity contribution in [3.8, 4) is 0 Å². The van der Waals surface area contributed by atoms with Gasteiger partial charge in [0, 0.05) is 29.0 Å². The lowest BCUT2D eigenvalue weighted by Crippen LogP contribution is -2.80. The molecule has 0 radical (unpaired) electrons. The Kier molecular flexibility index (Phi) is 3.13. The van der Waals surface area contributed by atoms with E-state index in [1.807, 2.05) is 0 Å². The van der Waals surface area contributed by atoms with Crippen molar-refractivity contribution in [2.24, 2.45) is 5.41 Å². The van der Waals surface area contributed by atoms with Gasteiger partial charge < -0.3 is 15.2 Å². The van der Waals surface area contributed by atoms with Gasteiger partial charge in [-0.25, -0.2) is 4.39 Å². The van der Waals surface area contributed by atoms with Crippen molar-refractivity contribution < 1.29 is 18.5 Å². The molecule has 8 heteroatoms.